The quantitative estimate of drug-likeness (QED) is 0.657. The summed E-state index contributed by atoms with van der Waals surface area (Å²) in [4.78, 5) is 16.8. The van der Waals surface area contributed by atoms with Crippen molar-refractivity contribution in [3.8, 4) is 0 Å². The molecule has 140 valence electrons. The van der Waals surface area contributed by atoms with Gasteiger partial charge in [0.15, 0.2) is 0 Å². The van der Waals surface area contributed by atoms with Gasteiger partial charge in [-0.05, 0) is 25.2 Å². The topological polar surface area (TPSA) is 60.9 Å². The van der Waals surface area contributed by atoms with Crippen LogP contribution in [0.15, 0.2) is 0 Å². The van der Waals surface area contributed by atoms with E-state index < -0.39 is 10.0 Å². The number of carbonyl (C=O) groups is 1. The van der Waals surface area contributed by atoms with E-state index in [0.717, 1.165) is 32.4 Å². The van der Waals surface area contributed by atoms with E-state index >= 15 is 0 Å². The first-order valence-corrected chi connectivity index (χ1v) is 11.0. The first-order valence-electron chi connectivity index (χ1n) is 9.35. The molecule has 0 aromatic rings. The zero-order valence-corrected chi connectivity index (χ0v) is 16.2. The summed E-state index contributed by atoms with van der Waals surface area (Å²) in [5, 5.41) is 0. The summed E-state index contributed by atoms with van der Waals surface area (Å²) in [5.74, 6) is 1.08. The van der Waals surface area contributed by atoms with Crippen molar-refractivity contribution in [1.82, 2.24) is 14.1 Å². The highest BCUT2D eigenvalue weighted by Gasteiger charge is 2.38. The van der Waals surface area contributed by atoms with Crippen molar-refractivity contribution in [3.05, 3.63) is 0 Å². The van der Waals surface area contributed by atoms with Gasteiger partial charge in [0.05, 0.1) is 11.8 Å². The molecule has 1 atom stereocenters. The third-order valence-electron chi connectivity index (χ3n) is 5.11. The van der Waals surface area contributed by atoms with Gasteiger partial charge in [0, 0.05) is 39.3 Å². The van der Waals surface area contributed by atoms with Crippen molar-refractivity contribution in [3.63, 3.8) is 0 Å². The Morgan fingerprint density at radius 2 is 1.79 bits per heavy atom. The standard InChI is InChI=1S/C17H33N3O3S/c1-4-5-14-24(22,23)20-12-10-18(11-13-20)16-7-9-19(17(16)21)8-6-15(2)3/h15-16H,4-14H2,1-3H3. The maximum absolute atomic E-state index is 12.6. The first kappa shape index (κ1) is 19.7. The largest absolute Gasteiger partial charge is 0.341 e. The molecule has 6 nitrogen and oxygen atoms in total. The van der Waals surface area contributed by atoms with Crippen LogP contribution in [0, 0.1) is 5.92 Å². The fourth-order valence-corrected chi connectivity index (χ4v) is 5.08. The molecule has 1 amide bonds. The first-order chi connectivity index (χ1) is 11.3. The number of hydrogen-bond acceptors (Lipinski definition) is 4. The van der Waals surface area contributed by atoms with E-state index in [0.29, 0.717) is 38.5 Å². The van der Waals surface area contributed by atoms with E-state index in [9.17, 15) is 13.2 Å². The number of unbranched alkanes of at least 4 members (excludes halogenated alkanes) is 1. The molecule has 24 heavy (non-hydrogen) atoms. The summed E-state index contributed by atoms with van der Waals surface area (Å²) in [6.07, 6.45) is 3.53. The lowest BCUT2D eigenvalue weighted by Gasteiger charge is -2.36. The Morgan fingerprint density at radius 1 is 1.12 bits per heavy atom. The highest BCUT2D eigenvalue weighted by molar-refractivity contribution is 7.89. The molecule has 2 aliphatic heterocycles. The van der Waals surface area contributed by atoms with E-state index in [1.807, 2.05) is 11.8 Å². The van der Waals surface area contributed by atoms with Crippen LogP contribution in [0.5, 0.6) is 0 Å². The number of hydrogen-bond donors (Lipinski definition) is 0. The summed E-state index contributed by atoms with van der Waals surface area (Å²) in [5.41, 5.74) is 0. The molecule has 0 bridgehead atoms. The van der Waals surface area contributed by atoms with Crippen molar-refractivity contribution in [2.75, 3.05) is 45.0 Å². The number of piperazine rings is 1. The van der Waals surface area contributed by atoms with Gasteiger partial charge in [-0.1, -0.05) is 27.2 Å². The second-order valence-electron chi connectivity index (χ2n) is 7.42. The molecule has 0 saturated carbocycles. The summed E-state index contributed by atoms with van der Waals surface area (Å²) in [7, 11) is -3.12. The molecule has 2 aliphatic rings. The molecular weight excluding hydrogens is 326 g/mol. The van der Waals surface area contributed by atoms with Crippen LogP contribution in [0.1, 0.15) is 46.5 Å². The maximum Gasteiger partial charge on any atom is 0.239 e. The normalized spacial score (nSPS) is 24.2. The Morgan fingerprint density at radius 3 is 2.38 bits per heavy atom. The SMILES string of the molecule is CCCCS(=O)(=O)N1CCN(C2CCN(CCC(C)C)C2=O)CC1. The van der Waals surface area contributed by atoms with Crippen molar-refractivity contribution in [2.45, 2.75) is 52.5 Å². The minimum absolute atomic E-state index is 0.0438. The zero-order valence-electron chi connectivity index (χ0n) is 15.4. The molecular formula is C17H33N3O3S. The monoisotopic (exact) mass is 359 g/mol. The second-order valence-corrected chi connectivity index (χ2v) is 9.51. The minimum atomic E-state index is -3.12. The Balaban J connectivity index is 1.83. The number of likely N-dealkylation sites (tertiary alicyclic amines) is 1. The predicted octanol–water partition coefficient (Wildman–Crippen LogP) is 1.38. The van der Waals surface area contributed by atoms with Gasteiger partial charge in [-0.2, -0.15) is 4.31 Å². The fraction of sp³-hybridized carbons (Fsp3) is 0.941. The number of sulfonamides is 1. The molecule has 0 aliphatic carbocycles. The molecule has 2 rings (SSSR count). The van der Waals surface area contributed by atoms with Crippen LogP contribution < -0.4 is 0 Å². The summed E-state index contributed by atoms with van der Waals surface area (Å²) >= 11 is 0. The van der Waals surface area contributed by atoms with Gasteiger partial charge in [0.25, 0.3) is 0 Å². The van der Waals surface area contributed by atoms with Crippen molar-refractivity contribution in [1.29, 1.82) is 0 Å². The molecule has 0 N–H and O–H groups in total. The van der Waals surface area contributed by atoms with Crippen LogP contribution >= 0.6 is 0 Å². The molecule has 0 aromatic carbocycles. The minimum Gasteiger partial charge on any atom is -0.341 e. The third-order valence-corrected chi connectivity index (χ3v) is 7.07. The van der Waals surface area contributed by atoms with Gasteiger partial charge in [0.1, 0.15) is 0 Å². The van der Waals surface area contributed by atoms with Crippen LogP contribution in [-0.2, 0) is 14.8 Å². The predicted molar refractivity (Wildman–Crippen MR) is 96.3 cm³/mol. The fourth-order valence-electron chi connectivity index (χ4n) is 3.45. The maximum atomic E-state index is 12.6. The van der Waals surface area contributed by atoms with Gasteiger partial charge in [-0.25, -0.2) is 8.42 Å². The average molecular weight is 360 g/mol. The highest BCUT2D eigenvalue weighted by Crippen LogP contribution is 2.21. The van der Waals surface area contributed by atoms with Gasteiger partial charge in [-0.15, -0.1) is 0 Å². The molecule has 2 fully saturated rings. The van der Waals surface area contributed by atoms with Crippen LogP contribution in [0.3, 0.4) is 0 Å². The summed E-state index contributed by atoms with van der Waals surface area (Å²) in [6, 6.07) is -0.0438. The number of carbonyl (C=O) groups excluding carboxylic acids is 1. The highest BCUT2D eigenvalue weighted by atomic mass is 32.2. The van der Waals surface area contributed by atoms with Crippen molar-refractivity contribution in [2.24, 2.45) is 5.92 Å². The van der Waals surface area contributed by atoms with Crippen molar-refractivity contribution < 1.29 is 13.2 Å². The summed E-state index contributed by atoms with van der Waals surface area (Å²) < 4.78 is 26.1. The van der Waals surface area contributed by atoms with E-state index in [-0.39, 0.29) is 17.7 Å². The Hall–Kier alpha value is -0.660. The molecule has 7 heteroatoms. The van der Waals surface area contributed by atoms with E-state index in [1.165, 1.54) is 0 Å². The van der Waals surface area contributed by atoms with Crippen LogP contribution in [0.2, 0.25) is 0 Å². The Bertz CT molecular complexity index is 513. The summed E-state index contributed by atoms with van der Waals surface area (Å²) in [6.45, 7) is 10.4. The zero-order chi connectivity index (χ0) is 17.7. The Kier molecular flexibility index (Phi) is 7.07. The number of rotatable bonds is 8. The van der Waals surface area contributed by atoms with Gasteiger partial charge >= 0.3 is 0 Å². The Labute approximate surface area is 147 Å². The second kappa shape index (κ2) is 8.63. The lowest BCUT2D eigenvalue weighted by Crippen LogP contribution is -2.54. The number of amides is 1. The lowest BCUT2D eigenvalue weighted by atomic mass is 10.1. The van der Waals surface area contributed by atoms with Crippen molar-refractivity contribution >= 4 is 15.9 Å². The van der Waals surface area contributed by atoms with Crippen LogP contribution in [-0.4, -0.2) is 79.5 Å². The van der Waals surface area contributed by atoms with E-state index in [4.69, 9.17) is 0 Å². The van der Waals surface area contributed by atoms with E-state index in [1.54, 1.807) is 4.31 Å². The molecule has 0 spiro atoms. The van der Waals surface area contributed by atoms with E-state index in [2.05, 4.69) is 18.7 Å². The van der Waals surface area contributed by atoms with Gasteiger partial charge in [-0.3, -0.25) is 9.69 Å². The molecule has 0 aromatic heterocycles. The number of nitrogens with zero attached hydrogens (tertiary/aromatic N) is 3. The van der Waals surface area contributed by atoms with Crippen LogP contribution in [0.4, 0.5) is 0 Å². The molecule has 2 saturated heterocycles. The third kappa shape index (κ3) is 4.92. The van der Waals surface area contributed by atoms with Gasteiger partial charge in [0.2, 0.25) is 15.9 Å². The molecule has 0 radical (unpaired) electrons. The average Bonchev–Trinajstić information content (AvgIpc) is 2.92. The van der Waals surface area contributed by atoms with Crippen LogP contribution in [0.25, 0.3) is 0 Å². The molecule has 2 heterocycles. The molecule has 1 unspecified atom stereocenters. The smallest absolute Gasteiger partial charge is 0.239 e. The lowest BCUT2D eigenvalue weighted by molar-refractivity contribution is -0.132. The van der Waals surface area contributed by atoms with Gasteiger partial charge < -0.3 is 4.90 Å².